The fourth-order valence-electron chi connectivity index (χ4n) is 3.39. The van der Waals surface area contributed by atoms with Crippen molar-refractivity contribution in [1.82, 2.24) is 26.2 Å². The van der Waals surface area contributed by atoms with Gasteiger partial charge in [-0.05, 0) is 31.6 Å². The first kappa shape index (κ1) is 28.6. The number of amides is 7. The number of primary amides is 1. The van der Waals surface area contributed by atoms with Gasteiger partial charge in [-0.2, -0.15) is 0 Å². The number of unbranched alkanes of at least 4 members (excludes halogenated alkanes) is 2. The minimum absolute atomic E-state index is 0.189. The van der Waals surface area contributed by atoms with Crippen LogP contribution in [-0.4, -0.2) is 72.7 Å². The molecule has 2 atom stereocenters. The van der Waals surface area contributed by atoms with Crippen molar-refractivity contribution in [2.24, 2.45) is 11.7 Å². The van der Waals surface area contributed by atoms with Crippen molar-refractivity contribution in [1.29, 1.82) is 0 Å². The molecule has 0 bridgehead atoms. The fourth-order valence-corrected chi connectivity index (χ4v) is 3.39. The number of rotatable bonds is 15. The molecule has 1 aliphatic rings. The highest BCUT2D eigenvalue weighted by atomic mass is 16.2. The summed E-state index contributed by atoms with van der Waals surface area (Å²) in [7, 11) is 1.46. The lowest BCUT2D eigenvalue weighted by Crippen LogP contribution is -2.55. The van der Waals surface area contributed by atoms with Crippen LogP contribution in [0.2, 0.25) is 0 Å². The molecule has 34 heavy (non-hydrogen) atoms. The second-order valence-corrected chi connectivity index (χ2v) is 8.37. The van der Waals surface area contributed by atoms with Gasteiger partial charge in [0, 0.05) is 38.7 Å². The van der Waals surface area contributed by atoms with Crippen LogP contribution in [0, 0.1) is 5.92 Å². The highest BCUT2D eigenvalue weighted by Crippen LogP contribution is 2.09. The smallest absolute Gasteiger partial charge is 0.312 e. The molecule has 0 aliphatic carbocycles. The van der Waals surface area contributed by atoms with Gasteiger partial charge in [0.1, 0.15) is 12.1 Å². The standard InChI is InChI=1S/C22H36N6O6/c1-14(2)19(21(33)26-15(20(32)24-3)8-7-12-25-22(23)34)27-16(29)9-5-4-6-13-28-17(30)10-11-18(28)31/h10-11,14-15,19H,4-9,12-13H2,1-3H3,(H,24,32)(H,26,33)(H,27,29)(H3,23,25,34)/t15-,19-/m0/s1. The summed E-state index contributed by atoms with van der Waals surface area (Å²) in [4.78, 5) is 72.3. The summed E-state index contributed by atoms with van der Waals surface area (Å²) in [5.74, 6) is -2.03. The summed E-state index contributed by atoms with van der Waals surface area (Å²) in [6.07, 6.45) is 5.12. The van der Waals surface area contributed by atoms with Gasteiger partial charge in [-0.3, -0.25) is 28.9 Å². The predicted molar refractivity (Wildman–Crippen MR) is 124 cm³/mol. The highest BCUT2D eigenvalue weighted by Gasteiger charge is 2.28. The third-order valence-corrected chi connectivity index (χ3v) is 5.30. The first-order valence-corrected chi connectivity index (χ1v) is 11.4. The quantitative estimate of drug-likeness (QED) is 0.153. The second kappa shape index (κ2) is 14.7. The number of nitrogens with zero attached hydrogens (tertiary/aromatic N) is 1. The third kappa shape index (κ3) is 10.0. The molecule has 12 nitrogen and oxygen atoms in total. The molecule has 0 aromatic heterocycles. The normalized spacial score (nSPS) is 14.6. The Morgan fingerprint density at radius 3 is 2.15 bits per heavy atom. The van der Waals surface area contributed by atoms with Gasteiger partial charge in [0.15, 0.2) is 0 Å². The molecular formula is C22H36N6O6. The first-order valence-electron chi connectivity index (χ1n) is 11.4. The van der Waals surface area contributed by atoms with E-state index in [1.165, 1.54) is 19.2 Å². The average Bonchev–Trinajstić information content (AvgIpc) is 3.10. The van der Waals surface area contributed by atoms with Gasteiger partial charge in [-0.1, -0.05) is 20.3 Å². The van der Waals surface area contributed by atoms with Crippen molar-refractivity contribution in [2.75, 3.05) is 20.1 Å². The van der Waals surface area contributed by atoms with E-state index in [4.69, 9.17) is 5.73 Å². The molecule has 1 rings (SSSR count). The van der Waals surface area contributed by atoms with Gasteiger partial charge in [-0.15, -0.1) is 0 Å². The van der Waals surface area contributed by atoms with Crippen molar-refractivity contribution in [2.45, 2.75) is 64.5 Å². The van der Waals surface area contributed by atoms with E-state index in [1.807, 2.05) is 0 Å². The van der Waals surface area contributed by atoms with E-state index in [2.05, 4.69) is 21.3 Å². The monoisotopic (exact) mass is 480 g/mol. The molecule has 7 amide bonds. The Bertz CT molecular complexity index is 779. The predicted octanol–water partition coefficient (Wildman–Crippen LogP) is -0.708. The van der Waals surface area contributed by atoms with E-state index in [0.717, 1.165) is 4.90 Å². The number of carbonyl (C=O) groups is 6. The van der Waals surface area contributed by atoms with Crippen LogP contribution in [0.3, 0.4) is 0 Å². The summed E-state index contributed by atoms with van der Waals surface area (Å²) in [5.41, 5.74) is 5.02. The number of imide groups is 1. The molecule has 12 heteroatoms. The minimum atomic E-state index is -0.825. The summed E-state index contributed by atoms with van der Waals surface area (Å²) < 4.78 is 0. The van der Waals surface area contributed by atoms with Crippen molar-refractivity contribution in [3.8, 4) is 0 Å². The molecule has 190 valence electrons. The average molecular weight is 481 g/mol. The Morgan fingerprint density at radius 1 is 0.941 bits per heavy atom. The van der Waals surface area contributed by atoms with Gasteiger partial charge < -0.3 is 27.0 Å². The molecule has 0 spiro atoms. The molecular weight excluding hydrogens is 444 g/mol. The summed E-state index contributed by atoms with van der Waals surface area (Å²) in [6.45, 7) is 4.14. The van der Waals surface area contributed by atoms with Crippen LogP contribution in [-0.2, 0) is 24.0 Å². The van der Waals surface area contributed by atoms with Crippen molar-refractivity contribution in [3.63, 3.8) is 0 Å². The van der Waals surface area contributed by atoms with Gasteiger partial charge in [-0.25, -0.2) is 4.79 Å². The zero-order chi connectivity index (χ0) is 25.7. The largest absolute Gasteiger partial charge is 0.357 e. The van der Waals surface area contributed by atoms with Crippen LogP contribution in [0.15, 0.2) is 12.2 Å². The number of nitrogens with two attached hydrogens (primary N) is 1. The van der Waals surface area contributed by atoms with Crippen molar-refractivity contribution < 1.29 is 28.8 Å². The van der Waals surface area contributed by atoms with Crippen LogP contribution in [0.1, 0.15) is 52.4 Å². The lowest BCUT2D eigenvalue weighted by Gasteiger charge is -2.25. The lowest BCUT2D eigenvalue weighted by atomic mass is 10.0. The van der Waals surface area contributed by atoms with Crippen LogP contribution in [0.5, 0.6) is 0 Å². The number of likely N-dealkylation sites (N-methyl/N-ethyl adjacent to an activating group) is 1. The van der Waals surface area contributed by atoms with Gasteiger partial charge >= 0.3 is 6.03 Å². The van der Waals surface area contributed by atoms with Gasteiger partial charge in [0.2, 0.25) is 17.7 Å². The highest BCUT2D eigenvalue weighted by molar-refractivity contribution is 6.12. The van der Waals surface area contributed by atoms with Crippen LogP contribution in [0.25, 0.3) is 0 Å². The van der Waals surface area contributed by atoms with E-state index in [-0.39, 0.29) is 48.9 Å². The third-order valence-electron chi connectivity index (χ3n) is 5.30. The van der Waals surface area contributed by atoms with Crippen molar-refractivity contribution in [3.05, 3.63) is 12.2 Å². The Balaban J connectivity index is 2.48. The number of nitrogens with one attached hydrogen (secondary N) is 4. The molecule has 0 aromatic rings. The molecule has 0 radical (unpaired) electrons. The fraction of sp³-hybridized carbons (Fsp3) is 0.636. The SMILES string of the molecule is CNC(=O)[C@H](CCCNC(N)=O)NC(=O)[C@@H](NC(=O)CCCCCN1C(=O)C=CC1=O)C(C)C. The Hall–Kier alpha value is -3.44. The van der Waals surface area contributed by atoms with Crippen LogP contribution < -0.4 is 27.0 Å². The minimum Gasteiger partial charge on any atom is -0.357 e. The molecule has 0 fully saturated rings. The number of hydrogen-bond acceptors (Lipinski definition) is 6. The van der Waals surface area contributed by atoms with Gasteiger partial charge in [0.05, 0.1) is 0 Å². The lowest BCUT2D eigenvalue weighted by molar-refractivity contribution is -0.137. The maximum atomic E-state index is 12.8. The summed E-state index contributed by atoms with van der Waals surface area (Å²) in [5, 5.41) is 10.3. The number of carbonyl (C=O) groups excluding carboxylic acids is 6. The molecule has 0 saturated heterocycles. The first-order chi connectivity index (χ1) is 16.1. The topological polar surface area (TPSA) is 180 Å². The summed E-state index contributed by atoms with van der Waals surface area (Å²) >= 11 is 0. The molecule has 0 saturated carbocycles. The van der Waals surface area contributed by atoms with Crippen LogP contribution >= 0.6 is 0 Å². The van der Waals surface area contributed by atoms with E-state index < -0.39 is 24.0 Å². The molecule has 0 unspecified atom stereocenters. The Labute approximate surface area is 199 Å². The van der Waals surface area contributed by atoms with Crippen molar-refractivity contribution >= 4 is 35.6 Å². The zero-order valence-electron chi connectivity index (χ0n) is 20.0. The van der Waals surface area contributed by atoms with Crippen LogP contribution in [0.4, 0.5) is 4.79 Å². The van der Waals surface area contributed by atoms with Gasteiger partial charge in [0.25, 0.3) is 11.8 Å². The summed E-state index contributed by atoms with van der Waals surface area (Å²) in [6, 6.07) is -2.32. The van der Waals surface area contributed by atoms with E-state index in [0.29, 0.717) is 32.2 Å². The molecule has 0 aromatic carbocycles. The Kier molecular flexibility index (Phi) is 12.3. The van der Waals surface area contributed by atoms with E-state index >= 15 is 0 Å². The maximum Gasteiger partial charge on any atom is 0.312 e. The second-order valence-electron chi connectivity index (χ2n) is 8.37. The molecule has 6 N–H and O–H groups in total. The molecule has 1 heterocycles. The maximum absolute atomic E-state index is 12.8. The number of hydrogen-bond donors (Lipinski definition) is 5. The van der Waals surface area contributed by atoms with E-state index in [1.54, 1.807) is 13.8 Å². The number of urea groups is 1. The molecule has 1 aliphatic heterocycles. The zero-order valence-corrected chi connectivity index (χ0v) is 20.0. The van der Waals surface area contributed by atoms with E-state index in [9.17, 15) is 28.8 Å². The Morgan fingerprint density at radius 2 is 1.59 bits per heavy atom.